The van der Waals surface area contributed by atoms with Gasteiger partial charge in [-0.15, -0.1) is 0 Å². The Kier molecular flexibility index (Phi) is 67.9. The molecule has 5 nitrogen and oxygen atoms in total. The molecular weight excluding hydrogens is 1000 g/mol. The first kappa shape index (κ1) is 78.0. The highest BCUT2D eigenvalue weighted by Crippen LogP contribution is 2.17. The Balaban J connectivity index is 3.55. The number of hydrogen-bond donors (Lipinski definition) is 1. The van der Waals surface area contributed by atoms with Gasteiger partial charge in [-0.1, -0.05) is 327 Å². The predicted octanol–water partition coefficient (Wildman–Crippen LogP) is 24.3. The van der Waals surface area contributed by atoms with Crippen LogP contribution in [0, 0.1) is 0 Å². The molecule has 5 heteroatoms. The third-order valence-electron chi connectivity index (χ3n) is 14.9. The molecule has 0 amide bonds. The lowest BCUT2D eigenvalue weighted by Crippen LogP contribution is -2.28. The first-order valence-corrected chi connectivity index (χ1v) is 34.7. The van der Waals surface area contributed by atoms with Gasteiger partial charge in [0.15, 0.2) is 6.10 Å². The van der Waals surface area contributed by atoms with Crippen molar-refractivity contribution >= 4 is 11.9 Å². The number of rotatable bonds is 63. The summed E-state index contributed by atoms with van der Waals surface area (Å²) in [5, 5.41) is 9.70. The topological polar surface area (TPSA) is 72.8 Å². The number of unbranched alkanes of at least 4 members (excludes halogenated alkanes) is 33. The van der Waals surface area contributed by atoms with Crippen molar-refractivity contribution in [3.8, 4) is 0 Å². The number of carbonyl (C=O) groups is 2. The van der Waals surface area contributed by atoms with Crippen molar-refractivity contribution in [3.63, 3.8) is 0 Å². The van der Waals surface area contributed by atoms with Crippen LogP contribution in [0.15, 0.2) is 134 Å². The molecule has 0 aromatic heterocycles. The van der Waals surface area contributed by atoms with E-state index >= 15 is 0 Å². The van der Waals surface area contributed by atoms with Crippen molar-refractivity contribution in [2.24, 2.45) is 0 Å². The van der Waals surface area contributed by atoms with Gasteiger partial charge in [0.25, 0.3) is 0 Å². The van der Waals surface area contributed by atoms with E-state index in [2.05, 4.69) is 148 Å². The number of esters is 2. The minimum Gasteiger partial charge on any atom is -0.462 e. The van der Waals surface area contributed by atoms with Gasteiger partial charge < -0.3 is 14.6 Å². The van der Waals surface area contributed by atoms with Crippen LogP contribution < -0.4 is 0 Å². The summed E-state index contributed by atoms with van der Waals surface area (Å²) < 4.78 is 10.7. The van der Waals surface area contributed by atoms with E-state index in [0.717, 1.165) is 116 Å². The number of carbonyl (C=O) groups excluding carboxylic acids is 2. The molecule has 0 aliphatic rings. The smallest absolute Gasteiger partial charge is 0.306 e. The Hall–Kier alpha value is -3.96. The van der Waals surface area contributed by atoms with Crippen LogP contribution in [0.4, 0.5) is 0 Å². The fourth-order valence-corrected chi connectivity index (χ4v) is 9.76. The van der Waals surface area contributed by atoms with E-state index in [1.54, 1.807) is 0 Å². The average Bonchev–Trinajstić information content (AvgIpc) is 3.49. The van der Waals surface area contributed by atoms with Gasteiger partial charge in [-0.25, -0.2) is 0 Å². The maximum Gasteiger partial charge on any atom is 0.306 e. The second-order valence-electron chi connectivity index (χ2n) is 22.9. The summed E-state index contributed by atoms with van der Waals surface area (Å²) in [6.45, 7) is 4.03. The fourth-order valence-electron chi connectivity index (χ4n) is 9.76. The molecule has 1 unspecified atom stereocenters. The first-order chi connectivity index (χ1) is 40.6. The number of ether oxygens (including phenoxy) is 2. The van der Waals surface area contributed by atoms with Gasteiger partial charge in [0.05, 0.1) is 6.61 Å². The maximum atomic E-state index is 12.4. The van der Waals surface area contributed by atoms with Crippen LogP contribution in [0.25, 0.3) is 0 Å². The average molecular weight is 1140 g/mol. The van der Waals surface area contributed by atoms with Crippen molar-refractivity contribution in [2.45, 2.75) is 328 Å². The fraction of sp³-hybridized carbons (Fsp3) is 0.688. The molecule has 0 aliphatic heterocycles. The van der Waals surface area contributed by atoms with Crippen molar-refractivity contribution in [2.75, 3.05) is 13.2 Å². The highest BCUT2D eigenvalue weighted by Gasteiger charge is 2.16. The van der Waals surface area contributed by atoms with Crippen LogP contribution in [0.5, 0.6) is 0 Å². The molecule has 0 saturated carbocycles. The third-order valence-corrected chi connectivity index (χ3v) is 14.9. The third kappa shape index (κ3) is 68.5. The van der Waals surface area contributed by atoms with Gasteiger partial charge in [-0.05, 0) is 116 Å². The SMILES string of the molecule is CC/C=C\C/C=C\C/C=C\C/C=C\C/C=C\C/C=C\C/C=C\C/C=C\C/C=C\C/C=C\CCCCCCC(=O)OC(CO)COC(=O)CCCCCCCCCCCCCCCCCCCCCCC/C=C\CCCCCCCCCC. The molecule has 0 aliphatic carbocycles. The zero-order valence-electron chi connectivity index (χ0n) is 53.7. The number of aliphatic hydroxyl groups excluding tert-OH is 1. The van der Waals surface area contributed by atoms with Gasteiger partial charge in [-0.3, -0.25) is 9.59 Å². The van der Waals surface area contributed by atoms with E-state index in [0.29, 0.717) is 12.8 Å². The van der Waals surface area contributed by atoms with E-state index in [-0.39, 0.29) is 25.2 Å². The molecule has 468 valence electrons. The monoisotopic (exact) mass is 1130 g/mol. The summed E-state index contributed by atoms with van der Waals surface area (Å²) in [6, 6.07) is 0. The molecule has 0 saturated heterocycles. The molecule has 0 spiro atoms. The van der Waals surface area contributed by atoms with Crippen LogP contribution in [-0.4, -0.2) is 36.4 Å². The quantitative estimate of drug-likeness (QED) is 0.0373. The molecule has 0 aromatic carbocycles. The highest BCUT2D eigenvalue weighted by molar-refractivity contribution is 5.70. The van der Waals surface area contributed by atoms with E-state index in [4.69, 9.17) is 9.47 Å². The predicted molar refractivity (Wildman–Crippen MR) is 361 cm³/mol. The standard InChI is InChI=1S/C77H130O5/c1-3-5-7-9-11-13-15-17-19-21-23-25-27-29-31-33-35-37-38-40-42-44-46-48-50-52-54-56-58-60-62-64-66-68-70-72-77(80)82-75(73-78)74-81-76(79)71-69-67-65-63-61-59-57-55-53-51-49-47-45-43-41-39-36-34-32-30-28-26-24-22-20-18-16-14-12-10-8-6-4-2/h5,7,11,13,17,19,22-25,29,31,35,37,40,42,46,48,52,54,58,60,75,78H,3-4,6,8-10,12,14-16,18,20-21,26-28,30,32-34,36,38-39,41,43-45,47,49-51,53,55-57,59,61-74H2,1-2H3/b7-5-,13-11-,19-17-,24-22-,25-23-,31-29-,37-35-,42-40-,48-46-,54-52-,60-58-. The first-order valence-electron chi connectivity index (χ1n) is 34.7. The van der Waals surface area contributed by atoms with Crippen LogP contribution in [0.1, 0.15) is 322 Å². The largest absolute Gasteiger partial charge is 0.462 e. The van der Waals surface area contributed by atoms with Gasteiger partial charge >= 0.3 is 11.9 Å². The van der Waals surface area contributed by atoms with Gasteiger partial charge in [0, 0.05) is 12.8 Å². The second kappa shape index (κ2) is 71.3. The molecule has 82 heavy (non-hydrogen) atoms. The van der Waals surface area contributed by atoms with Crippen LogP contribution >= 0.6 is 0 Å². The minimum atomic E-state index is -0.796. The van der Waals surface area contributed by atoms with E-state index in [1.807, 2.05) is 0 Å². The maximum absolute atomic E-state index is 12.4. The summed E-state index contributed by atoms with van der Waals surface area (Å²) in [6.07, 6.45) is 106. The minimum absolute atomic E-state index is 0.0813. The van der Waals surface area contributed by atoms with Crippen LogP contribution in [0.2, 0.25) is 0 Å². The van der Waals surface area contributed by atoms with Crippen molar-refractivity contribution in [3.05, 3.63) is 134 Å². The van der Waals surface area contributed by atoms with Gasteiger partial charge in [0.2, 0.25) is 0 Å². The number of hydrogen-bond acceptors (Lipinski definition) is 5. The Morgan fingerprint density at radius 2 is 0.524 bits per heavy atom. The summed E-state index contributed by atoms with van der Waals surface area (Å²) >= 11 is 0. The lowest BCUT2D eigenvalue weighted by atomic mass is 10.0. The molecule has 1 N–H and O–H groups in total. The van der Waals surface area contributed by atoms with Gasteiger partial charge in [-0.2, -0.15) is 0 Å². The Bertz CT molecular complexity index is 1670. The number of aliphatic hydroxyl groups is 1. The molecule has 0 fully saturated rings. The molecule has 0 aromatic rings. The molecular formula is C77H130O5. The molecule has 1 atom stereocenters. The summed E-state index contributed by atoms with van der Waals surface area (Å²) in [5.74, 6) is -0.617. The van der Waals surface area contributed by atoms with Crippen LogP contribution in [-0.2, 0) is 19.1 Å². The molecule has 0 radical (unpaired) electrons. The summed E-state index contributed by atoms with van der Waals surface area (Å²) in [5.41, 5.74) is 0. The van der Waals surface area contributed by atoms with Gasteiger partial charge in [0.1, 0.15) is 6.61 Å². The highest BCUT2D eigenvalue weighted by atomic mass is 16.6. The lowest BCUT2D eigenvalue weighted by Gasteiger charge is -2.15. The van der Waals surface area contributed by atoms with Crippen LogP contribution in [0.3, 0.4) is 0 Å². The summed E-state index contributed by atoms with van der Waals surface area (Å²) in [7, 11) is 0. The van der Waals surface area contributed by atoms with E-state index < -0.39 is 6.10 Å². The number of allylic oxidation sites excluding steroid dienone is 22. The van der Waals surface area contributed by atoms with Crippen molar-refractivity contribution in [1.82, 2.24) is 0 Å². The lowest BCUT2D eigenvalue weighted by molar-refractivity contribution is -0.161. The Morgan fingerprint density at radius 3 is 0.805 bits per heavy atom. The van der Waals surface area contributed by atoms with Crippen molar-refractivity contribution in [1.29, 1.82) is 0 Å². The van der Waals surface area contributed by atoms with Crippen molar-refractivity contribution < 1.29 is 24.2 Å². The van der Waals surface area contributed by atoms with E-state index in [9.17, 15) is 14.7 Å². The second-order valence-corrected chi connectivity index (χ2v) is 22.9. The Morgan fingerprint density at radius 1 is 0.293 bits per heavy atom. The zero-order chi connectivity index (χ0) is 59.1. The Labute approximate surface area is 508 Å². The molecule has 0 heterocycles. The molecule has 0 rings (SSSR count). The zero-order valence-corrected chi connectivity index (χ0v) is 53.7. The summed E-state index contributed by atoms with van der Waals surface area (Å²) in [4.78, 5) is 24.6. The normalized spacial score (nSPS) is 13.1. The van der Waals surface area contributed by atoms with E-state index in [1.165, 1.54) is 180 Å². The molecule has 0 bridgehead atoms.